The van der Waals surface area contributed by atoms with Crippen LogP contribution in [0.25, 0.3) is 5.69 Å². The minimum absolute atomic E-state index is 0.223. The van der Waals surface area contributed by atoms with Gasteiger partial charge >= 0.3 is 6.18 Å². The Morgan fingerprint density at radius 1 is 1.09 bits per heavy atom. The molecule has 3 heterocycles. The van der Waals surface area contributed by atoms with Crippen LogP contribution in [0.4, 0.5) is 13.2 Å². The molecule has 2 aromatic heterocycles. The molecular weight excluding hydrogens is 447 g/mol. The number of nitrogens with zero attached hydrogens (tertiary/aromatic N) is 4. The van der Waals surface area contributed by atoms with E-state index in [0.717, 1.165) is 30.4 Å². The van der Waals surface area contributed by atoms with Gasteiger partial charge in [0.05, 0.1) is 23.3 Å². The van der Waals surface area contributed by atoms with Crippen LogP contribution in [-0.4, -0.2) is 51.6 Å². The predicted octanol–water partition coefficient (Wildman–Crippen LogP) is 4.82. The maximum Gasteiger partial charge on any atom is 0.416 e. The molecule has 1 aliphatic rings. The summed E-state index contributed by atoms with van der Waals surface area (Å²) in [6, 6.07) is 14.4. The van der Waals surface area contributed by atoms with Crippen molar-refractivity contribution in [3.63, 3.8) is 0 Å². The Morgan fingerprint density at radius 2 is 1.91 bits per heavy atom. The van der Waals surface area contributed by atoms with E-state index in [1.54, 1.807) is 18.5 Å². The van der Waals surface area contributed by atoms with Crippen LogP contribution in [-0.2, 0) is 6.18 Å². The van der Waals surface area contributed by atoms with Gasteiger partial charge in [0.1, 0.15) is 0 Å². The minimum Gasteiger partial charge on any atom is -0.352 e. The summed E-state index contributed by atoms with van der Waals surface area (Å²) in [6.07, 6.45) is 0.0103. The first-order chi connectivity index (χ1) is 15.8. The van der Waals surface area contributed by atoms with Crippen LogP contribution >= 0.6 is 12.2 Å². The van der Waals surface area contributed by atoms with Gasteiger partial charge in [-0.25, -0.2) is 0 Å². The first kappa shape index (κ1) is 23.3. The van der Waals surface area contributed by atoms with Crippen LogP contribution in [0.5, 0.6) is 0 Å². The van der Waals surface area contributed by atoms with Gasteiger partial charge in [-0.05, 0) is 81.7 Å². The van der Waals surface area contributed by atoms with Gasteiger partial charge in [-0.15, -0.1) is 0 Å². The molecule has 0 spiro atoms. The molecule has 1 aliphatic heterocycles. The smallest absolute Gasteiger partial charge is 0.352 e. The Kier molecular flexibility index (Phi) is 6.71. The summed E-state index contributed by atoms with van der Waals surface area (Å²) in [4.78, 5) is 8.77. The number of aromatic nitrogens is 2. The lowest BCUT2D eigenvalue weighted by Gasteiger charge is -2.29. The number of benzene rings is 1. The highest BCUT2D eigenvalue weighted by atomic mass is 32.1. The van der Waals surface area contributed by atoms with E-state index in [9.17, 15) is 13.2 Å². The maximum atomic E-state index is 13.4. The van der Waals surface area contributed by atoms with Gasteiger partial charge in [0.25, 0.3) is 0 Å². The highest BCUT2D eigenvalue weighted by Crippen LogP contribution is 2.40. The second-order valence-corrected chi connectivity index (χ2v) is 8.71. The molecule has 33 heavy (non-hydrogen) atoms. The van der Waals surface area contributed by atoms with Crippen molar-refractivity contribution in [2.75, 3.05) is 27.2 Å². The monoisotopic (exact) mass is 473 g/mol. The maximum absolute atomic E-state index is 13.4. The Balaban J connectivity index is 1.75. The quantitative estimate of drug-likeness (QED) is 0.498. The normalized spacial score (nSPS) is 18.7. The minimum atomic E-state index is -4.41. The van der Waals surface area contributed by atoms with Crippen molar-refractivity contribution < 1.29 is 13.2 Å². The van der Waals surface area contributed by atoms with Gasteiger partial charge in [-0.2, -0.15) is 13.2 Å². The van der Waals surface area contributed by atoms with Crippen LogP contribution < -0.4 is 5.32 Å². The molecular formula is C24H26F3N5S. The molecule has 0 unspecified atom stereocenters. The van der Waals surface area contributed by atoms with Gasteiger partial charge in [0, 0.05) is 30.3 Å². The highest BCUT2D eigenvalue weighted by molar-refractivity contribution is 7.80. The molecule has 0 aliphatic carbocycles. The summed E-state index contributed by atoms with van der Waals surface area (Å²) in [5.41, 5.74) is 1.46. The molecule has 0 bridgehead atoms. The van der Waals surface area contributed by atoms with Gasteiger partial charge in [-0.3, -0.25) is 4.98 Å². The zero-order valence-corrected chi connectivity index (χ0v) is 19.3. The zero-order valence-electron chi connectivity index (χ0n) is 18.5. The third kappa shape index (κ3) is 5.04. The van der Waals surface area contributed by atoms with Crippen molar-refractivity contribution in [3.05, 3.63) is 83.9 Å². The summed E-state index contributed by atoms with van der Waals surface area (Å²) in [6.45, 7) is 1.61. The lowest BCUT2D eigenvalue weighted by Crippen LogP contribution is -2.33. The highest BCUT2D eigenvalue weighted by Gasteiger charge is 2.41. The SMILES string of the molecule is CN(C)CCCN1C(=S)N[C@@H](c2ccccn2)[C@H]1c1cccn1-c1cccc(C(F)(F)F)c1. The van der Waals surface area contributed by atoms with Crippen molar-refractivity contribution in [1.29, 1.82) is 0 Å². The van der Waals surface area contributed by atoms with Crippen LogP contribution in [0.2, 0.25) is 0 Å². The lowest BCUT2D eigenvalue weighted by atomic mass is 10.0. The van der Waals surface area contributed by atoms with Crippen LogP contribution in [0, 0.1) is 0 Å². The molecule has 0 amide bonds. The van der Waals surface area contributed by atoms with E-state index < -0.39 is 11.7 Å². The molecule has 1 aromatic carbocycles. The first-order valence-electron chi connectivity index (χ1n) is 10.7. The van der Waals surface area contributed by atoms with E-state index in [1.165, 1.54) is 12.1 Å². The first-order valence-corrected chi connectivity index (χ1v) is 11.1. The number of hydrogen-bond acceptors (Lipinski definition) is 3. The Labute approximate surface area is 196 Å². The molecule has 4 rings (SSSR count). The number of pyridine rings is 1. The number of halogens is 3. The van der Waals surface area contributed by atoms with E-state index >= 15 is 0 Å². The number of hydrogen-bond donors (Lipinski definition) is 1. The van der Waals surface area contributed by atoms with Gasteiger partial charge in [0.2, 0.25) is 0 Å². The summed E-state index contributed by atoms with van der Waals surface area (Å²) in [7, 11) is 4.04. The van der Waals surface area contributed by atoms with Gasteiger partial charge < -0.3 is 19.7 Å². The third-order valence-corrected chi connectivity index (χ3v) is 6.09. The number of rotatable bonds is 7. The average molecular weight is 474 g/mol. The molecule has 1 saturated heterocycles. The summed E-state index contributed by atoms with van der Waals surface area (Å²) < 4.78 is 41.9. The van der Waals surface area contributed by atoms with Crippen molar-refractivity contribution in [2.45, 2.75) is 24.7 Å². The second kappa shape index (κ2) is 9.52. The molecule has 1 fully saturated rings. The summed E-state index contributed by atoms with van der Waals surface area (Å²) in [5, 5.41) is 4.02. The molecule has 174 valence electrons. The van der Waals surface area contributed by atoms with Crippen LogP contribution in [0.1, 0.15) is 35.5 Å². The van der Waals surface area contributed by atoms with Gasteiger partial charge in [-0.1, -0.05) is 12.1 Å². The summed E-state index contributed by atoms with van der Waals surface area (Å²) in [5.74, 6) is 0. The van der Waals surface area contributed by atoms with E-state index in [1.807, 2.05) is 49.0 Å². The molecule has 9 heteroatoms. The fourth-order valence-electron chi connectivity index (χ4n) is 4.23. The number of thiocarbonyl (C=S) groups is 1. The van der Waals surface area contributed by atoms with Crippen molar-refractivity contribution in [1.82, 2.24) is 24.7 Å². The average Bonchev–Trinajstić information content (AvgIpc) is 3.38. The topological polar surface area (TPSA) is 36.3 Å². The Bertz CT molecular complexity index is 1100. The fraction of sp³-hybridized carbons (Fsp3) is 0.333. The summed E-state index contributed by atoms with van der Waals surface area (Å²) >= 11 is 5.69. The second-order valence-electron chi connectivity index (χ2n) is 8.33. The zero-order chi connectivity index (χ0) is 23.6. The lowest BCUT2D eigenvalue weighted by molar-refractivity contribution is -0.137. The van der Waals surface area contributed by atoms with Crippen molar-refractivity contribution >= 4 is 17.3 Å². The molecule has 5 nitrogen and oxygen atoms in total. The molecule has 2 atom stereocenters. The van der Waals surface area contributed by atoms with Crippen molar-refractivity contribution in [3.8, 4) is 5.69 Å². The molecule has 0 radical (unpaired) electrons. The van der Waals surface area contributed by atoms with Crippen LogP contribution in [0.15, 0.2) is 67.0 Å². The predicted molar refractivity (Wildman–Crippen MR) is 126 cm³/mol. The Hall–Kier alpha value is -2.91. The van der Waals surface area contributed by atoms with E-state index in [2.05, 4.69) is 20.1 Å². The third-order valence-electron chi connectivity index (χ3n) is 5.74. The van der Waals surface area contributed by atoms with E-state index in [0.29, 0.717) is 17.3 Å². The fourth-order valence-corrected chi connectivity index (χ4v) is 4.56. The number of nitrogens with one attached hydrogen (secondary N) is 1. The molecule has 1 N–H and O–H groups in total. The largest absolute Gasteiger partial charge is 0.416 e. The Morgan fingerprint density at radius 3 is 2.61 bits per heavy atom. The van der Waals surface area contributed by atoms with E-state index in [-0.39, 0.29) is 12.1 Å². The van der Waals surface area contributed by atoms with E-state index in [4.69, 9.17) is 12.2 Å². The van der Waals surface area contributed by atoms with Gasteiger partial charge in [0.15, 0.2) is 5.11 Å². The standard InChI is InChI=1S/C24H26F3N5S/c1-30(2)13-7-15-32-22(21(29-23(32)33)19-10-3-4-12-28-19)20-11-6-14-31(20)18-9-5-8-17(16-18)24(25,26)27/h3-6,8-12,14,16,21-22H,7,13,15H2,1-2H3,(H,29,33)/t21-,22+/m0/s1. The molecule has 0 saturated carbocycles. The van der Waals surface area contributed by atoms with Crippen molar-refractivity contribution in [2.24, 2.45) is 0 Å². The van der Waals surface area contributed by atoms with Crippen LogP contribution in [0.3, 0.4) is 0 Å². The number of alkyl halides is 3. The molecule has 3 aromatic rings.